The predicted octanol–water partition coefficient (Wildman–Crippen LogP) is 0.541. The third-order valence-corrected chi connectivity index (χ3v) is 4.13. The first-order chi connectivity index (χ1) is 9.99. The van der Waals surface area contributed by atoms with Gasteiger partial charge in [0.05, 0.1) is 0 Å². The quantitative estimate of drug-likeness (QED) is 0.740. The second kappa shape index (κ2) is 6.24. The Morgan fingerprint density at radius 1 is 1.05 bits per heavy atom. The fraction of sp³-hybridized carbons (Fsp3) is 0.714. The lowest BCUT2D eigenvalue weighted by molar-refractivity contribution is -0.148. The van der Waals surface area contributed by atoms with Crippen molar-refractivity contribution < 1.29 is 19.2 Å². The largest absolute Gasteiger partial charge is 0.341 e. The van der Waals surface area contributed by atoms with Crippen LogP contribution < -0.4 is 10.6 Å². The highest BCUT2D eigenvalue weighted by Crippen LogP contribution is 2.29. The molecule has 2 heterocycles. The number of nitrogens with one attached hydrogen (secondary N) is 2. The van der Waals surface area contributed by atoms with E-state index in [1.54, 1.807) is 4.90 Å². The number of carbonyl (C=O) groups excluding carboxylic acids is 4. The van der Waals surface area contributed by atoms with Crippen LogP contribution in [0, 0.1) is 5.41 Å². The number of likely N-dealkylation sites (tertiary alicyclic amines) is 1. The Balaban J connectivity index is 2.24. The van der Waals surface area contributed by atoms with Gasteiger partial charge in [0.25, 0.3) is 0 Å². The van der Waals surface area contributed by atoms with Crippen LogP contribution in [0.25, 0.3) is 0 Å². The lowest BCUT2D eigenvalue weighted by Crippen LogP contribution is -2.65. The predicted molar refractivity (Wildman–Crippen MR) is 74.1 cm³/mol. The summed E-state index contributed by atoms with van der Waals surface area (Å²) in [4.78, 5) is 49.5. The van der Waals surface area contributed by atoms with Gasteiger partial charge in [-0.1, -0.05) is 19.8 Å². The maximum absolute atomic E-state index is 12.3. The first-order valence-corrected chi connectivity index (χ1v) is 7.44. The van der Waals surface area contributed by atoms with Crippen LogP contribution in [-0.4, -0.2) is 41.7 Å². The molecule has 2 saturated heterocycles. The number of rotatable bonds is 4. The molecule has 5 amide bonds. The van der Waals surface area contributed by atoms with E-state index in [1.165, 1.54) is 0 Å². The van der Waals surface area contributed by atoms with Gasteiger partial charge in [0.2, 0.25) is 17.7 Å². The average molecular weight is 295 g/mol. The number of hydrogen-bond acceptors (Lipinski definition) is 4. The Bertz CT molecular complexity index is 455. The monoisotopic (exact) mass is 295 g/mol. The molecular formula is C14H21N3O4. The van der Waals surface area contributed by atoms with Crippen molar-refractivity contribution in [2.75, 3.05) is 13.1 Å². The summed E-state index contributed by atoms with van der Waals surface area (Å²) in [5.41, 5.74) is -1.36. The minimum absolute atomic E-state index is 0.0273. The van der Waals surface area contributed by atoms with Crippen LogP contribution in [0.15, 0.2) is 0 Å². The third kappa shape index (κ3) is 3.06. The van der Waals surface area contributed by atoms with E-state index in [0.29, 0.717) is 25.8 Å². The summed E-state index contributed by atoms with van der Waals surface area (Å²) >= 11 is 0. The highest BCUT2D eigenvalue weighted by Gasteiger charge is 2.51. The van der Waals surface area contributed by atoms with E-state index < -0.39 is 23.3 Å². The second-order valence-corrected chi connectivity index (χ2v) is 5.70. The Kier molecular flexibility index (Phi) is 4.59. The molecule has 0 bridgehead atoms. The number of barbiturate groups is 1. The van der Waals surface area contributed by atoms with Crippen molar-refractivity contribution in [3.05, 3.63) is 0 Å². The van der Waals surface area contributed by atoms with Gasteiger partial charge in [0.1, 0.15) is 5.41 Å². The highest BCUT2D eigenvalue weighted by atomic mass is 16.2. The van der Waals surface area contributed by atoms with Crippen molar-refractivity contribution in [2.45, 2.75) is 45.4 Å². The molecule has 2 N–H and O–H groups in total. The Morgan fingerprint density at radius 3 is 2.33 bits per heavy atom. The molecule has 0 aliphatic carbocycles. The Hall–Kier alpha value is -1.92. The maximum atomic E-state index is 12.3. The van der Waals surface area contributed by atoms with Gasteiger partial charge in [-0.25, -0.2) is 4.79 Å². The highest BCUT2D eigenvalue weighted by molar-refractivity contribution is 6.19. The molecule has 0 aromatic heterocycles. The normalized spacial score (nSPS) is 22.6. The van der Waals surface area contributed by atoms with Gasteiger partial charge in [-0.2, -0.15) is 0 Å². The number of amides is 5. The lowest BCUT2D eigenvalue weighted by atomic mass is 9.79. The van der Waals surface area contributed by atoms with Crippen LogP contribution in [0.2, 0.25) is 0 Å². The first kappa shape index (κ1) is 15.5. The molecule has 0 aromatic carbocycles. The van der Waals surface area contributed by atoms with Crippen LogP contribution in [0.5, 0.6) is 0 Å². The van der Waals surface area contributed by atoms with E-state index in [4.69, 9.17) is 0 Å². The summed E-state index contributed by atoms with van der Waals surface area (Å²) in [6.07, 6.45) is 4.05. The van der Waals surface area contributed by atoms with Gasteiger partial charge in [0, 0.05) is 19.5 Å². The molecule has 0 spiro atoms. The fourth-order valence-corrected chi connectivity index (χ4v) is 2.99. The van der Waals surface area contributed by atoms with Crippen LogP contribution in [0.4, 0.5) is 4.79 Å². The van der Waals surface area contributed by atoms with Crippen molar-refractivity contribution in [3.63, 3.8) is 0 Å². The van der Waals surface area contributed by atoms with Gasteiger partial charge in [0.15, 0.2) is 0 Å². The Labute approximate surface area is 123 Å². The van der Waals surface area contributed by atoms with Crippen LogP contribution in [0.1, 0.15) is 45.4 Å². The van der Waals surface area contributed by atoms with Crippen LogP contribution in [-0.2, 0) is 14.4 Å². The molecule has 7 heteroatoms. The number of nitrogens with zero attached hydrogens (tertiary/aromatic N) is 1. The molecule has 2 aliphatic rings. The van der Waals surface area contributed by atoms with Gasteiger partial charge < -0.3 is 4.90 Å². The number of urea groups is 1. The summed E-state index contributed by atoms with van der Waals surface area (Å²) in [5, 5.41) is 4.32. The van der Waals surface area contributed by atoms with Crippen molar-refractivity contribution >= 4 is 23.8 Å². The SMILES string of the molecule is CCCC1(CN2CCCCCC2=O)C(=O)NC(=O)NC1=O. The number of imide groups is 2. The van der Waals surface area contributed by atoms with E-state index in [9.17, 15) is 19.2 Å². The summed E-state index contributed by atoms with van der Waals surface area (Å²) in [6.45, 7) is 2.46. The van der Waals surface area contributed by atoms with Crippen molar-refractivity contribution in [3.8, 4) is 0 Å². The second-order valence-electron chi connectivity index (χ2n) is 5.70. The molecular weight excluding hydrogens is 274 g/mol. The van der Waals surface area contributed by atoms with Crippen LogP contribution in [0.3, 0.4) is 0 Å². The van der Waals surface area contributed by atoms with E-state index in [0.717, 1.165) is 19.3 Å². The summed E-state index contributed by atoms with van der Waals surface area (Å²) in [7, 11) is 0. The van der Waals surface area contributed by atoms with Gasteiger partial charge >= 0.3 is 6.03 Å². The zero-order chi connectivity index (χ0) is 15.5. The summed E-state index contributed by atoms with van der Waals surface area (Å²) in [5.74, 6) is -1.23. The number of carbonyl (C=O) groups is 4. The van der Waals surface area contributed by atoms with Gasteiger partial charge in [-0.05, 0) is 19.3 Å². The first-order valence-electron chi connectivity index (χ1n) is 7.44. The van der Waals surface area contributed by atoms with Crippen molar-refractivity contribution in [1.29, 1.82) is 0 Å². The molecule has 0 unspecified atom stereocenters. The standard InChI is InChI=1S/C14H21N3O4/c1-2-7-14(11(19)15-13(21)16-12(14)20)9-17-8-5-3-4-6-10(17)18/h2-9H2,1H3,(H2,15,16,19,20,21). The molecule has 0 radical (unpaired) electrons. The fourth-order valence-electron chi connectivity index (χ4n) is 2.99. The topological polar surface area (TPSA) is 95.6 Å². The van der Waals surface area contributed by atoms with E-state index in [-0.39, 0.29) is 12.5 Å². The molecule has 21 heavy (non-hydrogen) atoms. The molecule has 0 saturated carbocycles. The molecule has 116 valence electrons. The minimum Gasteiger partial charge on any atom is -0.341 e. The smallest absolute Gasteiger partial charge is 0.328 e. The molecule has 0 atom stereocenters. The zero-order valence-corrected chi connectivity index (χ0v) is 12.2. The number of hydrogen-bond donors (Lipinski definition) is 2. The zero-order valence-electron chi connectivity index (χ0n) is 12.2. The molecule has 0 aromatic rings. The van der Waals surface area contributed by atoms with Gasteiger partial charge in [-0.3, -0.25) is 25.0 Å². The summed E-state index contributed by atoms with van der Waals surface area (Å²) in [6, 6.07) is -0.793. The third-order valence-electron chi connectivity index (χ3n) is 4.13. The summed E-state index contributed by atoms with van der Waals surface area (Å²) < 4.78 is 0. The van der Waals surface area contributed by atoms with E-state index in [1.807, 2.05) is 6.92 Å². The molecule has 2 aliphatic heterocycles. The van der Waals surface area contributed by atoms with E-state index >= 15 is 0 Å². The molecule has 2 fully saturated rings. The Morgan fingerprint density at radius 2 is 1.71 bits per heavy atom. The average Bonchev–Trinajstić information content (AvgIpc) is 2.61. The minimum atomic E-state index is -1.36. The van der Waals surface area contributed by atoms with Crippen LogP contribution >= 0.6 is 0 Å². The van der Waals surface area contributed by atoms with Gasteiger partial charge in [-0.15, -0.1) is 0 Å². The maximum Gasteiger partial charge on any atom is 0.328 e. The molecule has 2 rings (SSSR count). The lowest BCUT2D eigenvalue weighted by Gasteiger charge is -2.37. The van der Waals surface area contributed by atoms with E-state index in [2.05, 4.69) is 10.6 Å². The molecule has 7 nitrogen and oxygen atoms in total. The van der Waals surface area contributed by atoms with Crippen molar-refractivity contribution in [2.24, 2.45) is 5.41 Å². The van der Waals surface area contributed by atoms with Crippen molar-refractivity contribution in [1.82, 2.24) is 15.5 Å².